The molecule has 0 aliphatic carbocycles. The van der Waals surface area contributed by atoms with E-state index in [1.165, 1.54) is 129 Å². The first kappa shape index (κ1) is 104. The maximum absolute atomic E-state index is 4.58. The van der Waals surface area contributed by atoms with Crippen molar-refractivity contribution in [2.24, 2.45) is 0 Å². The van der Waals surface area contributed by atoms with E-state index in [0.717, 1.165) is 0 Å². The van der Waals surface area contributed by atoms with Crippen molar-refractivity contribution in [3.05, 3.63) is 558 Å². The maximum atomic E-state index is 4.58. The molecule has 0 aliphatic rings. The summed E-state index contributed by atoms with van der Waals surface area (Å²) < 4.78 is 0. The Hall–Kier alpha value is -7.26. The van der Waals surface area contributed by atoms with Crippen molar-refractivity contribution in [1.29, 1.82) is 0 Å². The third kappa shape index (κ3) is 30.1. The molecule has 19 aromatic carbocycles. The molecule has 16 heteroatoms. The first-order valence-corrected chi connectivity index (χ1v) is 66.5. The van der Waals surface area contributed by atoms with Crippen LogP contribution in [0.1, 0.15) is 0 Å². The predicted molar refractivity (Wildman–Crippen MR) is 595 cm³/mol. The minimum atomic E-state index is -1.20. The van der Waals surface area contributed by atoms with Crippen LogP contribution in [0.5, 0.6) is 0 Å². The topological polar surface area (TPSA) is 0 Å². The van der Waals surface area contributed by atoms with Gasteiger partial charge in [-0.15, -0.1) is 0 Å². The molecule has 0 saturated carbocycles. The summed E-state index contributed by atoms with van der Waals surface area (Å²) in [5, 5.41) is 31.9. The molecule has 0 atom stereocenters. The first-order valence-electron chi connectivity index (χ1n) is 43.2. The van der Waals surface area contributed by atoms with Crippen molar-refractivity contribution in [2.75, 3.05) is 12.3 Å². The average Bonchev–Trinajstić information content (AvgIpc) is 0.758. The van der Waals surface area contributed by atoms with Crippen molar-refractivity contribution in [3.8, 4) is 0 Å². The van der Waals surface area contributed by atoms with Gasteiger partial charge in [-0.05, 0) is 224 Å². The zero-order valence-electron chi connectivity index (χ0n) is 72.2. The standard InChI is InChI=1S/C34H26P2.C30H24P2.C26H24P2.C26H22P2.4Au.4ClH/c1-5-17-28(18-6-1)35(29-19-7-2-8-20-29)32-25-13-15-27-16-14-26-33(34(27)32)36(30-21-9-3-10-22-30)31-23-11-4-12-24-31;1-5-15-25(16-6-1)31(26-17-7-2-8-18-26)29-23-13-14-24-30(29)32(27-19-9-3-10-20-27)28-21-11-4-12-22-28;2*1-5-13-23(14-6-1)27(24-15-7-2-8-16-24)21-22-28(25-17-9-3-10-18-25)26-19-11-4-12-20-26;;;;;;;;/h1-26H;1-24H;1-20H,21-22H2;1-22H;;;;;4*1H/q;;;;4*+1;;;;/p+4. The van der Waals surface area contributed by atoms with E-state index in [1.807, 2.05) is 0 Å². The van der Waals surface area contributed by atoms with Gasteiger partial charge in [0.2, 0.25) is 0 Å². The van der Waals surface area contributed by atoms with Gasteiger partial charge >= 0.3 is 117 Å². The third-order valence-electron chi connectivity index (χ3n) is 22.3. The second-order valence-electron chi connectivity index (χ2n) is 30.2. The van der Waals surface area contributed by atoms with Crippen molar-refractivity contribution in [3.63, 3.8) is 0 Å². The summed E-state index contributed by atoms with van der Waals surface area (Å²) >= 11 is 7.00. The third-order valence-corrected chi connectivity index (χ3v) is 44.9. The van der Waals surface area contributed by atoms with E-state index in [-0.39, 0.29) is 0 Å². The van der Waals surface area contributed by atoms with E-state index < -0.39 is 63.4 Å². The molecule has 0 aromatic heterocycles. The fourth-order valence-electron chi connectivity index (χ4n) is 16.5. The van der Waals surface area contributed by atoms with Crippen LogP contribution < -0.4 is 106 Å². The van der Waals surface area contributed by atoms with Gasteiger partial charge in [0.15, 0.2) is 0 Å². The van der Waals surface area contributed by atoms with Crippen LogP contribution in [-0.4, -0.2) is 12.3 Å². The summed E-state index contributed by atoms with van der Waals surface area (Å²) in [5.41, 5.74) is 0. The quantitative estimate of drug-likeness (QED) is 0.0395. The van der Waals surface area contributed by atoms with Gasteiger partial charge in [0.25, 0.3) is 0 Å². The molecule has 0 amide bonds. The van der Waals surface area contributed by atoms with Gasteiger partial charge in [-0.3, -0.25) is 0 Å². The molecule has 0 nitrogen and oxygen atoms in total. The largest absolute Gasteiger partial charge is 0.144 e. The number of halogens is 4. The van der Waals surface area contributed by atoms with Crippen LogP contribution in [0.15, 0.2) is 558 Å². The van der Waals surface area contributed by atoms with Crippen molar-refractivity contribution < 1.29 is 79.9 Å². The van der Waals surface area contributed by atoms with E-state index in [4.69, 9.17) is 0 Å². The molecule has 0 bridgehead atoms. The molecule has 0 spiro atoms. The van der Waals surface area contributed by atoms with Gasteiger partial charge < -0.3 is 0 Å². The molecule has 19 aromatic rings. The molecule has 0 fully saturated rings. The molecule has 0 unspecified atom stereocenters. The molecule has 0 radical (unpaired) electrons. The van der Waals surface area contributed by atoms with Gasteiger partial charge in [0.1, 0.15) is 125 Å². The Morgan fingerprint density at radius 1 is 0.144 bits per heavy atom. The number of hydrogen-bond acceptors (Lipinski definition) is 0. The Morgan fingerprint density at radius 3 is 0.455 bits per heavy atom. The van der Waals surface area contributed by atoms with Crippen molar-refractivity contribution >= 4 is 217 Å². The predicted octanol–water partition coefficient (Wildman–Crippen LogP) is 23.1. The Kier molecular flexibility index (Phi) is 46.9. The SMILES string of the molecule is C(=C[PH+](c1ccccc1)c1ccccc1)[PH+](c1ccccc1)c1ccccc1.[Cl][Au].[Cl][Au].[Cl][Au].[Cl][Au].c1ccc([PH+](CC[PH+](c2ccccc2)c2ccccc2)c2ccccc2)cc1.c1ccc([PH+](c2ccccc2)c2cccc3cccc([PH+](c4ccccc4)c4ccccc4)c23)cc1.c1ccc([PH+](c2ccccc2)c2ccccc2[PH+](c2ccccc2)c2ccccc2)cc1. The molecule has 19 rings (SSSR count). The maximum Gasteiger partial charge on any atom is 0.144 e. The van der Waals surface area contributed by atoms with Gasteiger partial charge in [-0.1, -0.05) is 328 Å². The zero-order valence-corrected chi connectivity index (χ0v) is 91.9. The van der Waals surface area contributed by atoms with Crippen LogP contribution in [0.3, 0.4) is 0 Å². The summed E-state index contributed by atoms with van der Waals surface area (Å²) in [4.78, 5) is 0. The van der Waals surface area contributed by atoms with Crippen LogP contribution in [-0.2, 0) is 79.9 Å². The van der Waals surface area contributed by atoms with Crippen LogP contribution in [0.25, 0.3) is 10.8 Å². The molecular weight excluding hydrogens is 2570 g/mol. The van der Waals surface area contributed by atoms with E-state index in [1.54, 1.807) is 79.9 Å². The minimum Gasteiger partial charge on any atom is -0.0620 e. The Labute approximate surface area is 857 Å². The first-order chi connectivity index (χ1) is 65.6. The summed E-state index contributed by atoms with van der Waals surface area (Å²) in [6.45, 7) is 0. The Bertz CT molecular complexity index is 5680. The van der Waals surface area contributed by atoms with E-state index in [0.29, 0.717) is 0 Å². The smallest absolute Gasteiger partial charge is 0.0620 e. The monoisotopic (exact) mass is 2670 g/mol. The van der Waals surface area contributed by atoms with Gasteiger partial charge in [0.05, 0.1) is 74.1 Å². The number of benzene rings is 19. The van der Waals surface area contributed by atoms with Crippen LogP contribution >= 0.6 is 100 Å². The van der Waals surface area contributed by atoms with Crippen molar-refractivity contribution in [2.45, 2.75) is 0 Å². The van der Waals surface area contributed by atoms with Gasteiger partial charge in [0, 0.05) is 0 Å². The average molecular weight is 2680 g/mol. The van der Waals surface area contributed by atoms with Crippen LogP contribution in [0.2, 0.25) is 0 Å². The number of rotatable bonds is 25. The van der Waals surface area contributed by atoms with Gasteiger partial charge in [-0.2, -0.15) is 0 Å². The van der Waals surface area contributed by atoms with E-state index in [2.05, 4.69) is 594 Å². The molecule has 0 aliphatic heterocycles. The zero-order chi connectivity index (χ0) is 91.8. The Balaban J connectivity index is 0.000000156. The van der Waals surface area contributed by atoms with Crippen molar-refractivity contribution in [1.82, 2.24) is 0 Å². The normalized spacial score (nSPS) is 10.7. The Morgan fingerprint density at radius 2 is 0.280 bits per heavy atom. The summed E-state index contributed by atoms with van der Waals surface area (Å²) in [6.07, 6.45) is 2.52. The van der Waals surface area contributed by atoms with E-state index >= 15 is 0 Å². The number of hydrogen-bond donors (Lipinski definition) is 0. The van der Waals surface area contributed by atoms with Crippen LogP contribution in [0.4, 0.5) is 0 Å². The molecule has 672 valence electrons. The van der Waals surface area contributed by atoms with Gasteiger partial charge in [-0.25, -0.2) is 0 Å². The van der Waals surface area contributed by atoms with E-state index in [9.17, 15) is 0 Å². The molecular formula is C116H104Au4Cl4P8+8. The number of fused-ring (bicyclic) bond motifs is 1. The second-order valence-corrected chi connectivity index (χ2v) is 49.9. The van der Waals surface area contributed by atoms with Crippen LogP contribution in [0, 0.1) is 0 Å². The molecule has 0 N–H and O–H groups in total. The minimum absolute atomic E-state index is 0.783. The molecule has 0 saturated heterocycles. The molecule has 132 heavy (non-hydrogen) atoms. The summed E-state index contributed by atoms with van der Waals surface area (Å²) in [7, 11) is 10.2. The summed E-state index contributed by atoms with van der Waals surface area (Å²) in [6, 6.07) is 200. The summed E-state index contributed by atoms with van der Waals surface area (Å²) in [5.74, 6) is 5.01. The fraction of sp³-hybridized carbons (Fsp3) is 0.0172. The fourth-order valence-corrected chi connectivity index (χ4v) is 39.4. The molecule has 0 heterocycles. The second kappa shape index (κ2) is 59.7.